The van der Waals surface area contributed by atoms with Crippen molar-refractivity contribution in [1.29, 1.82) is 0 Å². The topological polar surface area (TPSA) is 53.1 Å². The minimum absolute atomic E-state index is 0.159. The normalized spacial score (nSPS) is 23.4. The smallest absolute Gasteiger partial charge is 0.147 e. The Bertz CT molecular complexity index is 970. The number of hydrogen-bond donors (Lipinski definition) is 2. The van der Waals surface area contributed by atoms with E-state index >= 15 is 0 Å². The van der Waals surface area contributed by atoms with Crippen LogP contribution in [-0.2, 0) is 0 Å². The number of hydrogen-bond acceptors (Lipinski definition) is 5. The number of halogens is 1. The van der Waals surface area contributed by atoms with Gasteiger partial charge >= 0.3 is 0 Å². The number of nitrogens with zero attached hydrogens (tertiary/aromatic N) is 3. The van der Waals surface area contributed by atoms with E-state index in [9.17, 15) is 4.39 Å². The molecule has 2 N–H and O–H groups in total. The van der Waals surface area contributed by atoms with E-state index in [4.69, 9.17) is 4.98 Å². The molecule has 0 spiro atoms. The molecule has 0 saturated carbocycles. The summed E-state index contributed by atoms with van der Waals surface area (Å²) in [7, 11) is 0. The zero-order valence-corrected chi connectivity index (χ0v) is 15.7. The number of para-hydroxylation sites is 2. The second-order valence-corrected chi connectivity index (χ2v) is 7.75. The molecular weight excluding hydrogens is 353 g/mol. The lowest BCUT2D eigenvalue weighted by atomic mass is 9.80. The van der Waals surface area contributed by atoms with Crippen molar-refractivity contribution in [2.45, 2.75) is 24.8 Å². The Morgan fingerprint density at radius 1 is 1.00 bits per heavy atom. The molecule has 0 aliphatic carbocycles. The molecule has 2 atom stereocenters. The largest absolute Gasteiger partial charge is 0.355 e. The van der Waals surface area contributed by atoms with E-state index in [0.29, 0.717) is 17.9 Å². The third-order valence-electron chi connectivity index (χ3n) is 6.11. The fourth-order valence-electron chi connectivity index (χ4n) is 4.61. The predicted octanol–water partition coefficient (Wildman–Crippen LogP) is 3.25. The van der Waals surface area contributed by atoms with Gasteiger partial charge in [-0.2, -0.15) is 0 Å². The minimum Gasteiger partial charge on any atom is -0.355 e. The Kier molecular flexibility index (Phi) is 4.66. The average molecular weight is 377 g/mol. The number of aromatic nitrogens is 2. The second kappa shape index (κ2) is 7.45. The quantitative estimate of drug-likeness (QED) is 0.734. The molecule has 0 amide bonds. The fourth-order valence-corrected chi connectivity index (χ4v) is 4.61. The van der Waals surface area contributed by atoms with Gasteiger partial charge in [-0.15, -0.1) is 0 Å². The van der Waals surface area contributed by atoms with Crippen molar-refractivity contribution in [1.82, 2.24) is 20.8 Å². The van der Waals surface area contributed by atoms with Gasteiger partial charge in [0.1, 0.15) is 11.6 Å². The first-order chi connectivity index (χ1) is 13.8. The zero-order chi connectivity index (χ0) is 18.9. The van der Waals surface area contributed by atoms with Gasteiger partial charge in [-0.3, -0.25) is 15.8 Å². The van der Waals surface area contributed by atoms with Crippen LogP contribution in [0.1, 0.15) is 24.3 Å². The molecule has 6 heteroatoms. The van der Waals surface area contributed by atoms with Crippen LogP contribution >= 0.6 is 0 Å². The molecule has 3 heterocycles. The number of nitrogens with one attached hydrogen (secondary N) is 2. The maximum atomic E-state index is 13.7. The summed E-state index contributed by atoms with van der Waals surface area (Å²) in [6, 6.07) is 15.3. The highest BCUT2D eigenvalue weighted by atomic mass is 19.1. The summed E-state index contributed by atoms with van der Waals surface area (Å²) in [5.41, 5.74) is 9.69. The van der Waals surface area contributed by atoms with Gasteiger partial charge < -0.3 is 4.90 Å². The Balaban J connectivity index is 1.28. The number of hydrazine groups is 1. The van der Waals surface area contributed by atoms with Crippen LogP contribution in [0.5, 0.6) is 0 Å². The third-order valence-corrected chi connectivity index (χ3v) is 6.11. The molecule has 0 bridgehead atoms. The summed E-state index contributed by atoms with van der Waals surface area (Å²) >= 11 is 0. The Hall–Kier alpha value is -2.57. The Morgan fingerprint density at radius 3 is 2.64 bits per heavy atom. The van der Waals surface area contributed by atoms with E-state index in [1.54, 1.807) is 12.1 Å². The van der Waals surface area contributed by atoms with Gasteiger partial charge in [-0.1, -0.05) is 24.3 Å². The van der Waals surface area contributed by atoms with Gasteiger partial charge in [-0.25, -0.2) is 9.37 Å². The molecule has 2 aromatic carbocycles. The van der Waals surface area contributed by atoms with Gasteiger partial charge in [0.25, 0.3) is 0 Å². The van der Waals surface area contributed by atoms with E-state index < -0.39 is 0 Å². The van der Waals surface area contributed by atoms with Crippen LogP contribution in [0.3, 0.4) is 0 Å². The number of piperidine rings is 1. The molecule has 2 saturated heterocycles. The van der Waals surface area contributed by atoms with Crippen LogP contribution in [0.4, 0.5) is 10.2 Å². The van der Waals surface area contributed by atoms with Crippen LogP contribution in [0.15, 0.2) is 54.7 Å². The first kappa shape index (κ1) is 17.5. The van der Waals surface area contributed by atoms with Crippen molar-refractivity contribution in [2.75, 3.05) is 24.5 Å². The van der Waals surface area contributed by atoms with Gasteiger partial charge in [0.15, 0.2) is 0 Å². The zero-order valence-electron chi connectivity index (χ0n) is 15.7. The molecule has 2 aliphatic heterocycles. The van der Waals surface area contributed by atoms with Crippen molar-refractivity contribution in [3.8, 4) is 0 Å². The lowest BCUT2D eigenvalue weighted by molar-refractivity contribution is 0.295. The van der Waals surface area contributed by atoms with Crippen molar-refractivity contribution >= 4 is 16.9 Å². The summed E-state index contributed by atoms with van der Waals surface area (Å²) in [6.07, 6.45) is 4.05. The molecule has 5 rings (SSSR count). The van der Waals surface area contributed by atoms with Crippen molar-refractivity contribution in [3.05, 3.63) is 66.1 Å². The molecule has 3 aromatic rings. The molecule has 1 aromatic heterocycles. The molecule has 5 nitrogen and oxygen atoms in total. The first-order valence-corrected chi connectivity index (χ1v) is 9.98. The first-order valence-electron chi connectivity index (χ1n) is 9.98. The van der Waals surface area contributed by atoms with Crippen molar-refractivity contribution in [2.24, 2.45) is 5.92 Å². The van der Waals surface area contributed by atoms with Crippen LogP contribution < -0.4 is 15.8 Å². The van der Waals surface area contributed by atoms with Crippen molar-refractivity contribution < 1.29 is 4.39 Å². The van der Waals surface area contributed by atoms with Crippen LogP contribution in [0.25, 0.3) is 11.0 Å². The molecule has 2 aliphatic rings. The highest BCUT2D eigenvalue weighted by Crippen LogP contribution is 2.33. The Morgan fingerprint density at radius 2 is 1.82 bits per heavy atom. The monoisotopic (exact) mass is 377 g/mol. The molecule has 0 radical (unpaired) electrons. The van der Waals surface area contributed by atoms with E-state index in [-0.39, 0.29) is 5.82 Å². The summed E-state index contributed by atoms with van der Waals surface area (Å²) in [6.45, 7) is 2.77. The number of fused-ring (bicyclic) bond motifs is 1. The summed E-state index contributed by atoms with van der Waals surface area (Å²) in [4.78, 5) is 11.7. The molecule has 2 fully saturated rings. The third kappa shape index (κ3) is 3.34. The summed E-state index contributed by atoms with van der Waals surface area (Å²) in [5, 5.41) is 0. The van der Waals surface area contributed by atoms with E-state index in [2.05, 4.69) is 20.7 Å². The van der Waals surface area contributed by atoms with E-state index in [1.165, 1.54) is 6.07 Å². The van der Waals surface area contributed by atoms with E-state index in [1.807, 2.05) is 36.5 Å². The summed E-state index contributed by atoms with van der Waals surface area (Å²) < 4.78 is 13.7. The standard InChI is InChI=1S/C22H24FN5/c23-17-5-3-4-16(12-17)18-13-25-27-22(18)15-8-10-28(11-9-15)21-14-24-19-6-1-2-7-20(19)26-21/h1-7,12,14-15,18,22,25,27H,8-11,13H2. The SMILES string of the molecule is Fc1cccc(C2CNNC2C2CCN(c3cnc4ccccc4n3)CC2)c1. The second-order valence-electron chi connectivity index (χ2n) is 7.75. The van der Waals surface area contributed by atoms with Crippen LogP contribution in [0.2, 0.25) is 0 Å². The van der Waals surface area contributed by atoms with Gasteiger partial charge in [-0.05, 0) is 48.6 Å². The maximum absolute atomic E-state index is 13.7. The molecule has 144 valence electrons. The van der Waals surface area contributed by atoms with Crippen molar-refractivity contribution in [3.63, 3.8) is 0 Å². The number of rotatable bonds is 3. The van der Waals surface area contributed by atoms with E-state index in [0.717, 1.165) is 54.9 Å². The van der Waals surface area contributed by atoms with Gasteiger partial charge in [0.05, 0.1) is 17.2 Å². The lowest BCUT2D eigenvalue weighted by Gasteiger charge is -2.37. The lowest BCUT2D eigenvalue weighted by Crippen LogP contribution is -2.44. The summed E-state index contributed by atoms with van der Waals surface area (Å²) in [5.74, 6) is 1.64. The molecule has 2 unspecified atom stereocenters. The average Bonchev–Trinajstić information content (AvgIpc) is 3.23. The highest BCUT2D eigenvalue weighted by Gasteiger charge is 2.36. The minimum atomic E-state index is -0.159. The molecule has 28 heavy (non-hydrogen) atoms. The maximum Gasteiger partial charge on any atom is 0.147 e. The van der Waals surface area contributed by atoms with Crippen LogP contribution in [-0.4, -0.2) is 35.6 Å². The highest BCUT2D eigenvalue weighted by molar-refractivity contribution is 5.75. The van der Waals surface area contributed by atoms with Gasteiger partial charge in [0, 0.05) is 31.6 Å². The number of benzene rings is 2. The molecular formula is C22H24FN5. The fraction of sp³-hybridized carbons (Fsp3) is 0.364. The number of anilines is 1. The predicted molar refractivity (Wildman–Crippen MR) is 109 cm³/mol. The van der Waals surface area contributed by atoms with Crippen LogP contribution in [0, 0.1) is 11.7 Å². The Labute approximate surface area is 164 Å². The van der Waals surface area contributed by atoms with Gasteiger partial charge in [0.2, 0.25) is 0 Å².